The van der Waals surface area contributed by atoms with Crippen molar-refractivity contribution < 1.29 is 4.79 Å². The molecule has 35 heavy (non-hydrogen) atoms. The molecule has 1 atom stereocenters. The fourth-order valence-electron chi connectivity index (χ4n) is 4.61. The van der Waals surface area contributed by atoms with Gasteiger partial charge in [0.1, 0.15) is 5.69 Å². The van der Waals surface area contributed by atoms with Crippen molar-refractivity contribution in [2.24, 2.45) is 4.99 Å². The lowest BCUT2D eigenvalue weighted by atomic mass is 9.96. The SMILES string of the molecule is Cc1nc(C(=O)NC2CCN(C)CC2)ccc1NC1=NC=C2CC(=S)Nc3cc(Cl)ccc3C2N1. The highest BCUT2D eigenvalue weighted by atomic mass is 35.5. The van der Waals surface area contributed by atoms with Crippen molar-refractivity contribution >= 4 is 52.0 Å². The molecule has 1 aromatic heterocycles. The Kier molecular flexibility index (Phi) is 6.73. The third-order valence-electron chi connectivity index (χ3n) is 6.60. The fourth-order valence-corrected chi connectivity index (χ4v) is 5.06. The van der Waals surface area contributed by atoms with Gasteiger partial charge in [0.05, 0.1) is 22.4 Å². The van der Waals surface area contributed by atoms with E-state index in [-0.39, 0.29) is 18.0 Å². The average Bonchev–Trinajstić information content (AvgIpc) is 2.96. The number of benzene rings is 1. The van der Waals surface area contributed by atoms with E-state index in [9.17, 15) is 4.79 Å². The van der Waals surface area contributed by atoms with Crippen molar-refractivity contribution in [3.63, 3.8) is 0 Å². The number of aromatic nitrogens is 1. The number of fused-ring (bicyclic) bond motifs is 3. The van der Waals surface area contributed by atoms with Crippen LogP contribution in [0.25, 0.3) is 0 Å². The molecule has 0 aliphatic carbocycles. The van der Waals surface area contributed by atoms with Gasteiger partial charge in [-0.15, -0.1) is 0 Å². The molecule has 0 bridgehead atoms. The Labute approximate surface area is 215 Å². The van der Waals surface area contributed by atoms with Crippen LogP contribution in [-0.4, -0.2) is 52.9 Å². The van der Waals surface area contributed by atoms with E-state index in [1.807, 2.05) is 37.4 Å². The third kappa shape index (κ3) is 5.32. The number of halogens is 1. The lowest BCUT2D eigenvalue weighted by Gasteiger charge is -2.29. The molecule has 3 aliphatic heterocycles. The molecular formula is C25H28ClN7OS. The second-order valence-corrected chi connectivity index (χ2v) is 10.2. The number of piperidine rings is 1. The zero-order chi connectivity index (χ0) is 24.5. The van der Waals surface area contributed by atoms with Gasteiger partial charge in [0.2, 0.25) is 5.96 Å². The van der Waals surface area contributed by atoms with E-state index < -0.39 is 0 Å². The number of nitrogens with zero attached hydrogens (tertiary/aromatic N) is 3. The van der Waals surface area contributed by atoms with Crippen LogP contribution < -0.4 is 21.3 Å². The van der Waals surface area contributed by atoms with E-state index in [1.165, 1.54) is 0 Å². The monoisotopic (exact) mass is 509 g/mol. The molecule has 1 aromatic carbocycles. The Balaban J connectivity index is 1.30. The highest BCUT2D eigenvalue weighted by Crippen LogP contribution is 2.36. The maximum Gasteiger partial charge on any atom is 0.270 e. The van der Waals surface area contributed by atoms with Crippen LogP contribution >= 0.6 is 23.8 Å². The zero-order valence-corrected chi connectivity index (χ0v) is 21.3. The first-order valence-electron chi connectivity index (χ1n) is 11.7. The predicted octanol–water partition coefficient (Wildman–Crippen LogP) is 4.01. The van der Waals surface area contributed by atoms with Crippen LogP contribution in [-0.2, 0) is 0 Å². The molecule has 5 rings (SSSR count). The first kappa shape index (κ1) is 23.7. The maximum atomic E-state index is 12.7. The van der Waals surface area contributed by atoms with E-state index in [1.54, 1.807) is 6.07 Å². The van der Waals surface area contributed by atoms with Crippen LogP contribution in [0.15, 0.2) is 47.1 Å². The van der Waals surface area contributed by atoms with Gasteiger partial charge in [0, 0.05) is 34.9 Å². The van der Waals surface area contributed by atoms with Gasteiger partial charge in [-0.25, -0.2) is 9.98 Å². The molecule has 1 fully saturated rings. The number of carbonyl (C=O) groups is 1. The molecule has 4 heterocycles. The first-order chi connectivity index (χ1) is 16.9. The molecule has 8 nitrogen and oxygen atoms in total. The Hall–Kier alpha value is -3.01. The van der Waals surface area contributed by atoms with Gasteiger partial charge in [-0.1, -0.05) is 29.9 Å². The van der Waals surface area contributed by atoms with Crippen molar-refractivity contribution in [2.45, 2.75) is 38.3 Å². The molecule has 0 spiro atoms. The molecule has 0 saturated carbocycles. The minimum Gasteiger partial charge on any atom is -0.349 e. The highest BCUT2D eigenvalue weighted by molar-refractivity contribution is 7.80. The summed E-state index contributed by atoms with van der Waals surface area (Å²) in [5.41, 5.74) is 4.93. The van der Waals surface area contributed by atoms with Crippen LogP contribution in [0.2, 0.25) is 5.02 Å². The number of hydrogen-bond donors (Lipinski definition) is 4. The van der Waals surface area contributed by atoms with Crippen LogP contribution in [0.5, 0.6) is 0 Å². The van der Waals surface area contributed by atoms with Gasteiger partial charge in [-0.05, 0) is 69.7 Å². The number of thiocarbonyl (C=S) groups is 1. The lowest BCUT2D eigenvalue weighted by Crippen LogP contribution is -2.43. The summed E-state index contributed by atoms with van der Waals surface area (Å²) in [6.07, 6.45) is 4.38. The van der Waals surface area contributed by atoms with Crippen molar-refractivity contribution in [3.8, 4) is 0 Å². The number of rotatable bonds is 3. The van der Waals surface area contributed by atoms with E-state index in [0.29, 0.717) is 23.1 Å². The average molecular weight is 510 g/mol. The summed E-state index contributed by atoms with van der Waals surface area (Å²) in [4.78, 5) is 24.8. The van der Waals surface area contributed by atoms with Gasteiger partial charge in [-0.2, -0.15) is 0 Å². The van der Waals surface area contributed by atoms with Gasteiger partial charge in [0.25, 0.3) is 5.91 Å². The fraction of sp³-hybridized carbons (Fsp3) is 0.360. The molecule has 1 amide bonds. The Morgan fingerprint density at radius 1 is 1.23 bits per heavy atom. The predicted molar refractivity (Wildman–Crippen MR) is 144 cm³/mol. The number of nitrogens with one attached hydrogen (secondary N) is 4. The van der Waals surface area contributed by atoms with Gasteiger partial charge >= 0.3 is 0 Å². The summed E-state index contributed by atoms with van der Waals surface area (Å²) in [5.74, 6) is 0.466. The number of carbonyl (C=O) groups excluding carboxylic acids is 1. The Morgan fingerprint density at radius 3 is 2.80 bits per heavy atom. The largest absolute Gasteiger partial charge is 0.349 e. The molecule has 2 aromatic rings. The number of aryl methyl sites for hydroxylation is 1. The number of anilines is 2. The van der Waals surface area contributed by atoms with Crippen molar-refractivity contribution in [3.05, 3.63) is 64.1 Å². The molecule has 0 radical (unpaired) electrons. The summed E-state index contributed by atoms with van der Waals surface area (Å²) < 4.78 is 0. The quantitative estimate of drug-likeness (QED) is 0.464. The van der Waals surface area contributed by atoms with Crippen LogP contribution in [0.4, 0.5) is 11.4 Å². The molecule has 1 unspecified atom stereocenters. The van der Waals surface area contributed by atoms with E-state index in [4.69, 9.17) is 23.8 Å². The number of aliphatic imine (C=N–C) groups is 1. The minimum absolute atomic E-state index is 0.0944. The summed E-state index contributed by atoms with van der Waals surface area (Å²) >= 11 is 11.7. The van der Waals surface area contributed by atoms with Gasteiger partial charge in [-0.3, -0.25) is 4.79 Å². The number of pyridine rings is 1. The normalized spacial score (nSPS) is 20.3. The van der Waals surface area contributed by atoms with Crippen molar-refractivity contribution in [1.82, 2.24) is 20.5 Å². The van der Waals surface area contributed by atoms with E-state index in [2.05, 4.69) is 43.2 Å². The number of guanidine groups is 1. The summed E-state index contributed by atoms with van der Waals surface area (Å²) in [6.45, 7) is 3.86. The second-order valence-electron chi connectivity index (χ2n) is 9.22. The van der Waals surface area contributed by atoms with Gasteiger partial charge < -0.3 is 26.2 Å². The first-order valence-corrected chi connectivity index (χ1v) is 12.5. The second kappa shape index (κ2) is 9.93. The Bertz CT molecular complexity index is 1240. The molecule has 182 valence electrons. The third-order valence-corrected chi connectivity index (χ3v) is 7.08. The Morgan fingerprint density at radius 2 is 2.03 bits per heavy atom. The molecular weight excluding hydrogens is 482 g/mol. The highest BCUT2D eigenvalue weighted by Gasteiger charge is 2.28. The minimum atomic E-state index is -0.132. The maximum absolute atomic E-state index is 12.7. The molecule has 3 aliphatic rings. The summed E-state index contributed by atoms with van der Waals surface area (Å²) in [6, 6.07) is 9.47. The van der Waals surface area contributed by atoms with Gasteiger partial charge in [0.15, 0.2) is 0 Å². The number of likely N-dealkylation sites (tertiary alicyclic amines) is 1. The smallest absolute Gasteiger partial charge is 0.270 e. The van der Waals surface area contributed by atoms with Crippen molar-refractivity contribution in [1.29, 1.82) is 0 Å². The number of amides is 1. The number of hydrogen-bond acceptors (Lipinski definition) is 7. The molecule has 1 saturated heterocycles. The van der Waals surface area contributed by atoms with Crippen LogP contribution in [0.3, 0.4) is 0 Å². The van der Waals surface area contributed by atoms with Crippen LogP contribution in [0.1, 0.15) is 47.1 Å². The topological polar surface area (TPSA) is 93.7 Å². The zero-order valence-electron chi connectivity index (χ0n) is 19.7. The van der Waals surface area contributed by atoms with Crippen LogP contribution in [0, 0.1) is 6.92 Å². The van der Waals surface area contributed by atoms with Crippen molar-refractivity contribution in [2.75, 3.05) is 30.8 Å². The van der Waals surface area contributed by atoms with E-state index in [0.717, 1.165) is 59.1 Å². The molecule has 4 N–H and O–H groups in total. The summed E-state index contributed by atoms with van der Waals surface area (Å²) in [5, 5.41) is 13.9. The standard InChI is InChI=1S/C25H28ClN7OS/c1-14-19(5-6-20(28-14)24(34)29-17-7-9-33(2)10-8-17)31-25-27-13-15-11-22(35)30-21-12-16(26)3-4-18(21)23(15)32-25/h3-6,12-13,17,23H,7-11H2,1-2H3,(H,29,34)(H,30,35)(H2,27,31,32). The lowest BCUT2D eigenvalue weighted by molar-refractivity contribution is 0.0911. The molecule has 10 heteroatoms. The summed E-state index contributed by atoms with van der Waals surface area (Å²) in [7, 11) is 2.10. The van der Waals surface area contributed by atoms with E-state index >= 15 is 0 Å².